The van der Waals surface area contributed by atoms with Crippen molar-refractivity contribution in [2.75, 3.05) is 14.2 Å². The van der Waals surface area contributed by atoms with Gasteiger partial charge in [0, 0.05) is 23.5 Å². The number of rotatable bonds is 9. The second-order valence-electron chi connectivity index (χ2n) is 5.99. The van der Waals surface area contributed by atoms with Gasteiger partial charge in [-0.3, -0.25) is 4.72 Å². The first-order valence-corrected chi connectivity index (χ1v) is 10.1. The molecule has 3 nitrogen and oxygen atoms in total. The van der Waals surface area contributed by atoms with Crippen LogP contribution in [0.1, 0.15) is 74.7 Å². The first kappa shape index (κ1) is 29.1. The van der Waals surface area contributed by atoms with E-state index in [4.69, 9.17) is 9.84 Å². The van der Waals surface area contributed by atoms with Crippen LogP contribution in [0.5, 0.6) is 0 Å². The molecule has 0 fully saturated rings. The zero-order chi connectivity index (χ0) is 20.3. The van der Waals surface area contributed by atoms with Crippen molar-refractivity contribution in [3.05, 3.63) is 35.6 Å². The van der Waals surface area contributed by atoms with Crippen molar-refractivity contribution in [2.45, 2.75) is 85.4 Å². The SMILES string of the molecule is C/C=C\C/C=C(\C(=C/C)OC)C(CCC)NSC(C)(C)C.CC.CO. The van der Waals surface area contributed by atoms with E-state index in [2.05, 4.69) is 57.6 Å². The van der Waals surface area contributed by atoms with Gasteiger partial charge in [-0.25, -0.2) is 0 Å². The maximum Gasteiger partial charge on any atom is 0.119 e. The molecule has 150 valence electrons. The maximum absolute atomic E-state index is 7.00. The molecule has 0 aromatic carbocycles. The Bertz CT molecular complexity index is 369. The third kappa shape index (κ3) is 16.5. The van der Waals surface area contributed by atoms with Crippen LogP contribution in [0.2, 0.25) is 0 Å². The molecule has 0 bridgehead atoms. The molecule has 0 aromatic heterocycles. The number of hydrogen-bond donors (Lipinski definition) is 2. The normalized spacial score (nSPS) is 13.6. The lowest BCUT2D eigenvalue weighted by molar-refractivity contribution is 0.293. The van der Waals surface area contributed by atoms with Crippen LogP contribution in [0.3, 0.4) is 0 Å². The van der Waals surface area contributed by atoms with Crippen LogP contribution in [0.25, 0.3) is 0 Å². The molecule has 0 heterocycles. The van der Waals surface area contributed by atoms with Gasteiger partial charge < -0.3 is 9.84 Å². The van der Waals surface area contributed by atoms with Crippen LogP contribution in [0.15, 0.2) is 35.6 Å². The van der Waals surface area contributed by atoms with E-state index in [9.17, 15) is 0 Å². The molecule has 0 radical (unpaired) electrons. The molecule has 0 aliphatic rings. The Labute approximate surface area is 162 Å². The summed E-state index contributed by atoms with van der Waals surface area (Å²) in [6, 6.07) is 0.315. The van der Waals surface area contributed by atoms with Gasteiger partial charge in [-0.1, -0.05) is 57.4 Å². The fourth-order valence-corrected chi connectivity index (χ4v) is 2.70. The minimum Gasteiger partial charge on any atom is -0.497 e. The van der Waals surface area contributed by atoms with Gasteiger partial charge in [-0.2, -0.15) is 0 Å². The fourth-order valence-electron chi connectivity index (χ4n) is 1.96. The molecule has 0 amide bonds. The number of allylic oxidation sites excluding steroid dienone is 4. The summed E-state index contributed by atoms with van der Waals surface area (Å²) in [6.45, 7) is 17.0. The van der Waals surface area contributed by atoms with Gasteiger partial charge in [-0.15, -0.1) is 0 Å². The van der Waals surface area contributed by atoms with Crippen molar-refractivity contribution in [3.8, 4) is 0 Å². The molecular formula is C21H43NO2S. The van der Waals surface area contributed by atoms with Crippen LogP contribution in [0, 0.1) is 0 Å². The highest BCUT2D eigenvalue weighted by molar-refractivity contribution is 7.98. The first-order chi connectivity index (χ1) is 11.9. The molecule has 2 N–H and O–H groups in total. The second-order valence-corrected chi connectivity index (χ2v) is 7.66. The molecule has 0 rings (SSSR count). The summed E-state index contributed by atoms with van der Waals surface area (Å²) in [5, 5.41) is 7.00. The molecule has 0 aliphatic heterocycles. The van der Waals surface area contributed by atoms with Crippen molar-refractivity contribution in [1.82, 2.24) is 4.72 Å². The zero-order valence-corrected chi connectivity index (χ0v) is 19.1. The summed E-state index contributed by atoms with van der Waals surface area (Å²) in [7, 11) is 2.75. The largest absolute Gasteiger partial charge is 0.497 e. The number of hydrogen-bond acceptors (Lipinski definition) is 4. The number of methoxy groups -OCH3 is 1. The molecule has 1 unspecified atom stereocenters. The van der Waals surface area contributed by atoms with Gasteiger partial charge in [-0.05, 0) is 53.5 Å². The highest BCUT2D eigenvalue weighted by Crippen LogP contribution is 2.26. The monoisotopic (exact) mass is 373 g/mol. The van der Waals surface area contributed by atoms with E-state index in [-0.39, 0.29) is 4.75 Å². The molecule has 0 saturated carbocycles. The lowest BCUT2D eigenvalue weighted by Crippen LogP contribution is -2.30. The Morgan fingerprint density at radius 3 is 2.12 bits per heavy atom. The van der Waals surface area contributed by atoms with Crippen molar-refractivity contribution in [2.24, 2.45) is 0 Å². The summed E-state index contributed by atoms with van der Waals surface area (Å²) < 4.78 is 9.41. The summed E-state index contributed by atoms with van der Waals surface area (Å²) >= 11 is 1.80. The number of nitrogens with one attached hydrogen (secondary N) is 1. The van der Waals surface area contributed by atoms with E-state index in [1.165, 1.54) is 5.57 Å². The van der Waals surface area contributed by atoms with E-state index >= 15 is 0 Å². The molecule has 0 aliphatic carbocycles. The number of aliphatic hydroxyl groups excluding tert-OH is 1. The average molecular weight is 374 g/mol. The Balaban J connectivity index is -0.00000112. The van der Waals surface area contributed by atoms with E-state index in [0.717, 1.165) is 32.1 Å². The predicted octanol–water partition coefficient (Wildman–Crippen LogP) is 6.27. The molecule has 0 saturated heterocycles. The molecule has 0 spiro atoms. The van der Waals surface area contributed by atoms with Gasteiger partial charge in [0.2, 0.25) is 0 Å². The first-order valence-electron chi connectivity index (χ1n) is 9.29. The summed E-state index contributed by atoms with van der Waals surface area (Å²) in [5.41, 5.74) is 1.26. The Kier molecular flexibility index (Phi) is 22.8. The Morgan fingerprint density at radius 2 is 1.76 bits per heavy atom. The molecule has 25 heavy (non-hydrogen) atoms. The third-order valence-corrected chi connectivity index (χ3v) is 3.95. The van der Waals surface area contributed by atoms with Crippen molar-refractivity contribution in [1.29, 1.82) is 0 Å². The van der Waals surface area contributed by atoms with Crippen molar-refractivity contribution >= 4 is 11.9 Å². The minimum atomic E-state index is 0.198. The van der Waals surface area contributed by atoms with Crippen molar-refractivity contribution < 1.29 is 9.84 Å². The third-order valence-electron chi connectivity index (χ3n) is 2.94. The van der Waals surface area contributed by atoms with E-state index in [0.29, 0.717) is 6.04 Å². The smallest absolute Gasteiger partial charge is 0.119 e. The zero-order valence-electron chi connectivity index (χ0n) is 18.3. The highest BCUT2D eigenvalue weighted by atomic mass is 32.2. The molecule has 4 heteroatoms. The van der Waals surface area contributed by atoms with Crippen LogP contribution in [-0.4, -0.2) is 30.1 Å². The van der Waals surface area contributed by atoms with E-state index < -0.39 is 0 Å². The maximum atomic E-state index is 7.00. The lowest BCUT2D eigenvalue weighted by Gasteiger charge is -2.26. The van der Waals surface area contributed by atoms with Crippen LogP contribution in [-0.2, 0) is 4.74 Å². The van der Waals surface area contributed by atoms with Crippen molar-refractivity contribution in [3.63, 3.8) is 0 Å². The summed E-state index contributed by atoms with van der Waals surface area (Å²) in [5.74, 6) is 0.972. The molecular weight excluding hydrogens is 330 g/mol. The quantitative estimate of drug-likeness (QED) is 0.216. The highest BCUT2D eigenvalue weighted by Gasteiger charge is 2.20. The van der Waals surface area contributed by atoms with E-state index in [1.807, 2.05) is 26.8 Å². The molecule has 0 aromatic rings. The Hall–Kier alpha value is -0.710. The molecule has 1 atom stereocenters. The topological polar surface area (TPSA) is 41.5 Å². The van der Waals surface area contributed by atoms with Crippen LogP contribution in [0.4, 0.5) is 0 Å². The standard InChI is InChI=1S/C18H33NOS.C2H6.CH4O/c1-8-11-12-14-15(17(10-3)20-7)16(13-9-2)19-21-18(4,5)6;2*1-2/h8,10-11,14,16,19H,9,12-13H2,1-7H3;1-2H3;2H,1H3/b11-8-,15-14-,17-10+;;. The predicted molar refractivity (Wildman–Crippen MR) is 117 cm³/mol. The average Bonchev–Trinajstić information content (AvgIpc) is 2.61. The lowest BCUT2D eigenvalue weighted by atomic mass is 10.00. The Morgan fingerprint density at radius 1 is 1.20 bits per heavy atom. The minimum absolute atomic E-state index is 0.198. The van der Waals surface area contributed by atoms with Gasteiger partial charge in [0.1, 0.15) is 5.76 Å². The summed E-state index contributed by atoms with van der Waals surface area (Å²) in [6.07, 6.45) is 11.8. The number of ether oxygens (including phenoxy) is 1. The number of aliphatic hydroxyl groups is 1. The van der Waals surface area contributed by atoms with Crippen LogP contribution < -0.4 is 4.72 Å². The van der Waals surface area contributed by atoms with Gasteiger partial charge in [0.25, 0.3) is 0 Å². The van der Waals surface area contributed by atoms with Crippen LogP contribution >= 0.6 is 11.9 Å². The van der Waals surface area contributed by atoms with Gasteiger partial charge in [0.15, 0.2) is 0 Å². The summed E-state index contributed by atoms with van der Waals surface area (Å²) in [4.78, 5) is 0. The second kappa shape index (κ2) is 19.6. The fraction of sp³-hybridized carbons (Fsp3) is 0.714. The van der Waals surface area contributed by atoms with Gasteiger partial charge >= 0.3 is 0 Å². The van der Waals surface area contributed by atoms with Gasteiger partial charge in [0.05, 0.1) is 7.11 Å². The van der Waals surface area contributed by atoms with E-state index in [1.54, 1.807) is 19.1 Å².